The maximum atomic E-state index is 4.52. The topological polar surface area (TPSA) is 30.7 Å². The Morgan fingerprint density at radius 2 is 1.37 bits per heavy atom. The predicted molar refractivity (Wildman–Crippen MR) is 139 cm³/mol. The Bertz CT molecular complexity index is 754. The van der Waals surface area contributed by atoms with Gasteiger partial charge >= 0.3 is 0 Å². The number of aromatic nitrogens is 3. The molecule has 0 N–H and O–H groups in total. The Labute approximate surface area is 199 Å². The second kappa shape index (κ2) is 11.8. The van der Waals surface area contributed by atoms with Crippen LogP contribution in [0.15, 0.2) is 12.5 Å². The van der Waals surface area contributed by atoms with E-state index in [0.29, 0.717) is 5.41 Å². The van der Waals surface area contributed by atoms with Crippen LogP contribution in [0.3, 0.4) is 0 Å². The summed E-state index contributed by atoms with van der Waals surface area (Å²) in [4.78, 5) is 8.86. The largest absolute Gasteiger partial charge is 0.331 e. The van der Waals surface area contributed by atoms with Gasteiger partial charge in [0.05, 0.1) is 11.1 Å². The number of hydrogen-bond acceptors (Lipinski definition) is 2. The van der Waals surface area contributed by atoms with Gasteiger partial charge in [-0.3, -0.25) is 0 Å². The third kappa shape index (κ3) is 5.98. The van der Waals surface area contributed by atoms with Crippen LogP contribution in [0.25, 0.3) is 11.0 Å². The van der Waals surface area contributed by atoms with Crippen LogP contribution in [0.4, 0.5) is 0 Å². The zero-order valence-electron chi connectivity index (χ0n) is 20.5. The maximum absolute atomic E-state index is 4.52. The molecule has 2 aromatic heterocycles. The molecule has 2 heterocycles. The summed E-state index contributed by atoms with van der Waals surface area (Å²) in [5.41, 5.74) is 2.68. The number of hydrogen-bond donors (Lipinski definition) is 0. The van der Waals surface area contributed by atoms with E-state index in [2.05, 4.69) is 91.8 Å². The van der Waals surface area contributed by atoms with Crippen molar-refractivity contribution in [3.8, 4) is 0 Å². The fraction of sp³-hybridized carbons (Fsp3) is 0.769. The summed E-state index contributed by atoms with van der Waals surface area (Å²) in [5.74, 6) is 2.29. The van der Waals surface area contributed by atoms with Crippen molar-refractivity contribution in [2.24, 2.45) is 23.2 Å². The van der Waals surface area contributed by atoms with Crippen molar-refractivity contribution in [3.05, 3.63) is 21.8 Å². The van der Waals surface area contributed by atoms with E-state index >= 15 is 0 Å². The van der Waals surface area contributed by atoms with E-state index in [1.807, 2.05) is 0 Å². The molecule has 0 saturated heterocycles. The standard InChI is InChI=1S/C26H44IN3/c1-19(2)26(20(3)4,21(5)6)15-13-11-9-8-10-12-14-16-30-17-23(27)24-22(7)28-18-29-25(24)30/h17-21H,8-16H2,1-7H3. The van der Waals surface area contributed by atoms with Gasteiger partial charge in [-0.2, -0.15) is 0 Å². The molecule has 0 fully saturated rings. The normalized spacial score (nSPS) is 12.8. The first-order valence-electron chi connectivity index (χ1n) is 12.2. The summed E-state index contributed by atoms with van der Waals surface area (Å²) >= 11 is 2.41. The van der Waals surface area contributed by atoms with Gasteiger partial charge in [-0.25, -0.2) is 9.97 Å². The third-order valence-corrected chi connectivity index (χ3v) is 8.35. The van der Waals surface area contributed by atoms with Gasteiger partial charge in [0, 0.05) is 16.3 Å². The van der Waals surface area contributed by atoms with Crippen LogP contribution in [0.1, 0.15) is 98.6 Å². The molecule has 2 rings (SSSR count). The molecule has 0 aromatic carbocycles. The van der Waals surface area contributed by atoms with E-state index in [1.165, 1.54) is 60.3 Å². The Morgan fingerprint density at radius 3 is 1.93 bits per heavy atom. The lowest BCUT2D eigenvalue weighted by Gasteiger charge is -2.45. The zero-order chi connectivity index (χ0) is 22.3. The molecule has 0 atom stereocenters. The van der Waals surface area contributed by atoms with Crippen molar-refractivity contribution in [2.75, 3.05) is 0 Å². The SMILES string of the molecule is Cc1ncnc2c1c(I)cn2CCCCCCCCCC(C(C)C)(C(C)C)C(C)C. The molecule has 0 bridgehead atoms. The molecule has 4 heteroatoms. The average Bonchev–Trinajstić information content (AvgIpc) is 2.99. The van der Waals surface area contributed by atoms with Gasteiger partial charge in [0.2, 0.25) is 0 Å². The Balaban J connectivity index is 1.67. The van der Waals surface area contributed by atoms with Gasteiger partial charge in [-0.1, -0.05) is 80.1 Å². The molecule has 3 nitrogen and oxygen atoms in total. The quantitative estimate of drug-likeness (QED) is 0.194. The molecule has 0 radical (unpaired) electrons. The summed E-state index contributed by atoms with van der Waals surface area (Å²) in [6.07, 6.45) is 14.8. The van der Waals surface area contributed by atoms with E-state index in [0.717, 1.165) is 35.6 Å². The van der Waals surface area contributed by atoms with Gasteiger partial charge in [-0.15, -0.1) is 0 Å². The van der Waals surface area contributed by atoms with Gasteiger partial charge in [0.15, 0.2) is 0 Å². The van der Waals surface area contributed by atoms with Crippen LogP contribution in [0, 0.1) is 33.7 Å². The molecule has 0 spiro atoms. The summed E-state index contributed by atoms with van der Waals surface area (Å²) < 4.78 is 3.58. The number of halogens is 1. The van der Waals surface area contributed by atoms with Gasteiger partial charge < -0.3 is 4.57 Å². The summed E-state index contributed by atoms with van der Waals surface area (Å²) in [6.45, 7) is 17.7. The predicted octanol–water partition coefficient (Wildman–Crippen LogP) is 8.42. The first kappa shape index (κ1) is 25.6. The molecule has 30 heavy (non-hydrogen) atoms. The van der Waals surface area contributed by atoms with Crippen molar-refractivity contribution in [2.45, 2.75) is 106 Å². The lowest BCUT2D eigenvalue weighted by molar-refractivity contribution is 0.0356. The second-order valence-electron chi connectivity index (χ2n) is 10.1. The molecule has 170 valence electrons. The zero-order valence-corrected chi connectivity index (χ0v) is 22.6. The molecule has 0 unspecified atom stereocenters. The van der Waals surface area contributed by atoms with Crippen LogP contribution < -0.4 is 0 Å². The van der Waals surface area contributed by atoms with E-state index in [4.69, 9.17) is 0 Å². The van der Waals surface area contributed by atoms with Crippen LogP contribution in [-0.4, -0.2) is 14.5 Å². The Hall–Kier alpha value is -0.650. The molecule has 0 aliphatic rings. The Morgan fingerprint density at radius 1 is 0.833 bits per heavy atom. The van der Waals surface area contributed by atoms with E-state index < -0.39 is 0 Å². The van der Waals surface area contributed by atoms with Crippen molar-refractivity contribution in [1.82, 2.24) is 14.5 Å². The van der Waals surface area contributed by atoms with E-state index in [-0.39, 0.29) is 0 Å². The van der Waals surface area contributed by atoms with Crippen molar-refractivity contribution >= 4 is 33.6 Å². The van der Waals surface area contributed by atoms with Crippen LogP contribution in [0.5, 0.6) is 0 Å². The lowest BCUT2D eigenvalue weighted by atomic mass is 9.60. The first-order valence-corrected chi connectivity index (χ1v) is 13.3. The van der Waals surface area contributed by atoms with Gasteiger partial charge in [0.25, 0.3) is 0 Å². The summed E-state index contributed by atoms with van der Waals surface area (Å²) in [5, 5.41) is 1.22. The van der Waals surface area contributed by atoms with Crippen molar-refractivity contribution in [3.63, 3.8) is 0 Å². The number of aryl methyl sites for hydroxylation is 2. The average molecular weight is 526 g/mol. The molecule has 0 saturated carbocycles. The highest BCUT2D eigenvalue weighted by molar-refractivity contribution is 14.1. The fourth-order valence-electron chi connectivity index (χ4n) is 5.85. The van der Waals surface area contributed by atoms with Crippen LogP contribution in [-0.2, 0) is 6.54 Å². The minimum Gasteiger partial charge on any atom is -0.331 e. The summed E-state index contributed by atoms with van der Waals surface area (Å²) in [6, 6.07) is 0. The minimum atomic E-state index is 0.499. The first-order chi connectivity index (χ1) is 14.2. The molecule has 0 amide bonds. The smallest absolute Gasteiger partial charge is 0.144 e. The number of unbranched alkanes of at least 4 members (excludes halogenated alkanes) is 6. The molecular weight excluding hydrogens is 481 g/mol. The number of rotatable bonds is 13. The number of nitrogens with zero attached hydrogens (tertiary/aromatic N) is 3. The highest BCUT2D eigenvalue weighted by Crippen LogP contribution is 2.47. The molecule has 2 aromatic rings. The van der Waals surface area contributed by atoms with E-state index in [1.54, 1.807) is 6.33 Å². The van der Waals surface area contributed by atoms with Crippen LogP contribution >= 0.6 is 22.6 Å². The molecule has 0 aliphatic carbocycles. The van der Waals surface area contributed by atoms with E-state index in [9.17, 15) is 0 Å². The van der Waals surface area contributed by atoms with Gasteiger partial charge in [-0.05, 0) is 65.5 Å². The highest BCUT2D eigenvalue weighted by Gasteiger charge is 2.39. The van der Waals surface area contributed by atoms with Crippen molar-refractivity contribution < 1.29 is 0 Å². The fourth-order valence-corrected chi connectivity index (χ4v) is 6.82. The molecule has 0 aliphatic heterocycles. The third-order valence-electron chi connectivity index (χ3n) is 7.53. The monoisotopic (exact) mass is 525 g/mol. The lowest BCUT2D eigenvalue weighted by Crippen LogP contribution is -2.38. The van der Waals surface area contributed by atoms with Gasteiger partial charge in [0.1, 0.15) is 12.0 Å². The molecular formula is C26H44IN3. The summed E-state index contributed by atoms with van der Waals surface area (Å²) in [7, 11) is 0. The number of fused-ring (bicyclic) bond motifs is 1. The van der Waals surface area contributed by atoms with Crippen LogP contribution in [0.2, 0.25) is 0 Å². The van der Waals surface area contributed by atoms with Crippen molar-refractivity contribution in [1.29, 1.82) is 0 Å². The highest BCUT2D eigenvalue weighted by atomic mass is 127. The maximum Gasteiger partial charge on any atom is 0.144 e. The Kier molecular flexibility index (Phi) is 10.1. The second-order valence-corrected chi connectivity index (χ2v) is 11.3. The minimum absolute atomic E-state index is 0.499.